The lowest BCUT2D eigenvalue weighted by Crippen LogP contribution is -2.30. The summed E-state index contributed by atoms with van der Waals surface area (Å²) in [4.78, 5) is 12.4. The van der Waals surface area contributed by atoms with E-state index in [1.807, 2.05) is 36.4 Å². The van der Waals surface area contributed by atoms with E-state index in [9.17, 15) is 4.79 Å². The van der Waals surface area contributed by atoms with E-state index in [1.54, 1.807) is 0 Å². The molecule has 1 aliphatic carbocycles. The molecule has 1 aliphatic rings. The molecule has 3 N–H and O–H groups in total. The molecule has 0 saturated heterocycles. The molecule has 3 aromatic rings. The number of aryl methyl sites for hydroxylation is 1. The molecule has 3 aromatic carbocycles. The van der Waals surface area contributed by atoms with Crippen molar-refractivity contribution in [2.75, 3.05) is 0 Å². The van der Waals surface area contributed by atoms with Crippen molar-refractivity contribution in [1.29, 1.82) is 0 Å². The normalized spacial score (nSPS) is 15.8. The Bertz CT molecular complexity index is 986. The Hall–Kier alpha value is -3.11. The molecule has 31 heavy (non-hydrogen) atoms. The van der Waals surface area contributed by atoms with Gasteiger partial charge in [-0.1, -0.05) is 66.7 Å². The van der Waals surface area contributed by atoms with Gasteiger partial charge in [-0.05, 0) is 60.1 Å². The Kier molecular flexibility index (Phi) is 7.00. The third-order valence-electron chi connectivity index (χ3n) is 5.88. The highest BCUT2D eigenvalue weighted by molar-refractivity contribution is 5.76. The van der Waals surface area contributed by atoms with Crippen LogP contribution >= 0.6 is 0 Å². The molecular weight excluding hydrogens is 384 g/mol. The monoisotopic (exact) mass is 414 g/mol. The van der Waals surface area contributed by atoms with Crippen molar-refractivity contribution < 1.29 is 9.53 Å². The largest absolute Gasteiger partial charge is 0.489 e. The maximum Gasteiger partial charge on any atom is 0.220 e. The van der Waals surface area contributed by atoms with Gasteiger partial charge in [-0.15, -0.1) is 0 Å². The maximum absolute atomic E-state index is 12.4. The Morgan fingerprint density at radius 1 is 0.968 bits per heavy atom. The Labute approximate surface area is 184 Å². The third kappa shape index (κ3) is 5.96. The van der Waals surface area contributed by atoms with E-state index in [2.05, 4.69) is 47.8 Å². The van der Waals surface area contributed by atoms with E-state index < -0.39 is 0 Å². The molecule has 4 nitrogen and oxygen atoms in total. The summed E-state index contributed by atoms with van der Waals surface area (Å²) in [6.45, 7) is 0.556. The van der Waals surface area contributed by atoms with Crippen LogP contribution in [0.1, 0.15) is 47.6 Å². The quantitative estimate of drug-likeness (QED) is 0.533. The molecular formula is C27H30N2O2. The summed E-state index contributed by atoms with van der Waals surface area (Å²) in [7, 11) is 0. The minimum atomic E-state index is -0.0438. The second-order valence-corrected chi connectivity index (χ2v) is 8.28. The molecule has 160 valence electrons. The van der Waals surface area contributed by atoms with Crippen LogP contribution in [0.2, 0.25) is 0 Å². The predicted octanol–water partition coefficient (Wildman–Crippen LogP) is 4.72. The van der Waals surface area contributed by atoms with Gasteiger partial charge in [0.1, 0.15) is 12.4 Å². The van der Waals surface area contributed by atoms with Crippen LogP contribution in [0.25, 0.3) is 0 Å². The van der Waals surface area contributed by atoms with E-state index >= 15 is 0 Å². The number of nitrogens with two attached hydrogens (primary N) is 1. The van der Waals surface area contributed by atoms with Crippen LogP contribution in [0.3, 0.4) is 0 Å². The lowest BCUT2D eigenvalue weighted by Gasteiger charge is -2.16. The second kappa shape index (κ2) is 10.3. The number of rotatable bonds is 9. The average molecular weight is 415 g/mol. The highest BCUT2D eigenvalue weighted by Gasteiger charge is 2.23. The van der Waals surface area contributed by atoms with E-state index in [1.165, 1.54) is 11.1 Å². The zero-order chi connectivity index (χ0) is 21.5. The smallest absolute Gasteiger partial charge is 0.220 e. The van der Waals surface area contributed by atoms with Gasteiger partial charge in [0, 0.05) is 12.5 Å². The number of hydrogen-bond acceptors (Lipinski definition) is 3. The lowest BCUT2D eigenvalue weighted by molar-refractivity contribution is -0.122. The van der Waals surface area contributed by atoms with Crippen molar-refractivity contribution in [1.82, 2.24) is 5.32 Å². The van der Waals surface area contributed by atoms with Gasteiger partial charge >= 0.3 is 0 Å². The molecule has 2 atom stereocenters. The number of nitrogens with one attached hydrogen (secondary N) is 1. The summed E-state index contributed by atoms with van der Waals surface area (Å²) in [6, 6.07) is 26.6. The predicted molar refractivity (Wildman–Crippen MR) is 124 cm³/mol. The zero-order valence-corrected chi connectivity index (χ0v) is 17.8. The van der Waals surface area contributed by atoms with E-state index in [-0.39, 0.29) is 18.0 Å². The summed E-state index contributed by atoms with van der Waals surface area (Å²) in [5.74, 6) is 0.930. The van der Waals surface area contributed by atoms with Gasteiger partial charge in [0.2, 0.25) is 5.91 Å². The first-order valence-corrected chi connectivity index (χ1v) is 11.1. The lowest BCUT2D eigenvalue weighted by atomic mass is 10.0. The van der Waals surface area contributed by atoms with Crippen molar-refractivity contribution in [3.63, 3.8) is 0 Å². The highest BCUT2D eigenvalue weighted by atomic mass is 16.5. The Morgan fingerprint density at radius 2 is 1.71 bits per heavy atom. The fraction of sp³-hybridized carbons (Fsp3) is 0.296. The number of carbonyl (C=O) groups excluding carboxylic acids is 1. The summed E-state index contributed by atoms with van der Waals surface area (Å²) in [6.07, 6.45) is 3.89. The maximum atomic E-state index is 12.4. The van der Waals surface area contributed by atoms with Crippen molar-refractivity contribution >= 4 is 5.91 Å². The highest BCUT2D eigenvalue weighted by Crippen LogP contribution is 2.30. The number of benzene rings is 3. The first-order valence-electron chi connectivity index (χ1n) is 11.1. The van der Waals surface area contributed by atoms with Crippen molar-refractivity contribution in [3.8, 4) is 5.75 Å². The van der Waals surface area contributed by atoms with Gasteiger partial charge in [0.05, 0.1) is 6.04 Å². The van der Waals surface area contributed by atoms with Crippen molar-refractivity contribution in [2.45, 2.75) is 50.8 Å². The zero-order valence-electron chi connectivity index (χ0n) is 17.8. The minimum Gasteiger partial charge on any atom is -0.489 e. The number of amides is 1. The van der Waals surface area contributed by atoms with Crippen LogP contribution < -0.4 is 15.8 Å². The van der Waals surface area contributed by atoms with Crippen LogP contribution in [-0.2, 0) is 24.2 Å². The van der Waals surface area contributed by atoms with Crippen molar-refractivity contribution in [2.24, 2.45) is 5.73 Å². The molecule has 0 heterocycles. The van der Waals surface area contributed by atoms with E-state index in [0.717, 1.165) is 36.1 Å². The number of ether oxygens (including phenoxy) is 1. The second-order valence-electron chi connectivity index (χ2n) is 8.28. The van der Waals surface area contributed by atoms with Gasteiger partial charge < -0.3 is 15.8 Å². The molecule has 0 radical (unpaired) electrons. The first kappa shape index (κ1) is 21.1. The summed E-state index contributed by atoms with van der Waals surface area (Å²) >= 11 is 0. The van der Waals surface area contributed by atoms with Crippen LogP contribution in [0.15, 0.2) is 78.9 Å². The fourth-order valence-corrected chi connectivity index (χ4v) is 4.16. The van der Waals surface area contributed by atoms with E-state index in [0.29, 0.717) is 19.4 Å². The number of hydrogen-bond donors (Lipinski definition) is 2. The van der Waals surface area contributed by atoms with Crippen LogP contribution in [0, 0.1) is 0 Å². The minimum absolute atomic E-state index is 0.0438. The van der Waals surface area contributed by atoms with Gasteiger partial charge in [0.25, 0.3) is 0 Å². The standard InChI is InChI=1S/C27H30N2O2/c28-23(13-17-27(30)29-26-16-12-22-8-4-5-9-25(22)26)18-20-10-14-24(15-11-20)31-19-21-6-2-1-3-7-21/h1-11,14-15,23,26H,12-13,16-19,28H2,(H,29,30)/t23-,26?/m1/s1. The fourth-order valence-electron chi connectivity index (χ4n) is 4.16. The molecule has 0 saturated carbocycles. The van der Waals surface area contributed by atoms with Gasteiger partial charge in [0.15, 0.2) is 0 Å². The Morgan fingerprint density at radius 3 is 2.52 bits per heavy atom. The van der Waals surface area contributed by atoms with Crippen LogP contribution in [-0.4, -0.2) is 11.9 Å². The average Bonchev–Trinajstić information content (AvgIpc) is 3.21. The molecule has 0 aliphatic heterocycles. The molecule has 4 heteroatoms. The summed E-state index contributed by atoms with van der Waals surface area (Å²) < 4.78 is 5.84. The first-order chi connectivity index (χ1) is 15.2. The molecule has 0 fully saturated rings. The molecule has 1 unspecified atom stereocenters. The van der Waals surface area contributed by atoms with Gasteiger partial charge in [-0.3, -0.25) is 4.79 Å². The van der Waals surface area contributed by atoms with Gasteiger partial charge in [-0.25, -0.2) is 0 Å². The molecule has 1 amide bonds. The summed E-state index contributed by atoms with van der Waals surface area (Å²) in [5.41, 5.74) is 11.2. The molecule has 0 spiro atoms. The molecule has 4 rings (SSSR count). The molecule has 0 bridgehead atoms. The van der Waals surface area contributed by atoms with Crippen molar-refractivity contribution in [3.05, 3.63) is 101 Å². The topological polar surface area (TPSA) is 64.4 Å². The summed E-state index contributed by atoms with van der Waals surface area (Å²) in [5, 5.41) is 3.18. The van der Waals surface area contributed by atoms with Gasteiger partial charge in [-0.2, -0.15) is 0 Å². The van der Waals surface area contributed by atoms with Crippen LogP contribution in [0.4, 0.5) is 0 Å². The molecule has 0 aromatic heterocycles. The third-order valence-corrected chi connectivity index (χ3v) is 5.88. The van der Waals surface area contributed by atoms with Crippen LogP contribution in [0.5, 0.6) is 5.75 Å². The SMILES string of the molecule is N[C@H](CCC(=O)NC1CCc2ccccc21)Cc1ccc(OCc2ccccc2)cc1. The number of fused-ring (bicyclic) bond motifs is 1. The number of carbonyl (C=O) groups is 1. The van der Waals surface area contributed by atoms with E-state index in [4.69, 9.17) is 10.5 Å². The Balaban J connectivity index is 1.19.